The second-order valence-electron chi connectivity index (χ2n) is 6.25. The van der Waals surface area contributed by atoms with Crippen LogP contribution < -0.4 is 4.90 Å². The first-order valence-corrected chi connectivity index (χ1v) is 9.22. The van der Waals surface area contributed by atoms with E-state index >= 15 is 0 Å². The maximum Gasteiger partial charge on any atom is 0.225 e. The second kappa shape index (κ2) is 6.51. The van der Waals surface area contributed by atoms with E-state index in [9.17, 15) is 0 Å². The molecule has 0 aromatic carbocycles. The van der Waals surface area contributed by atoms with E-state index in [0.29, 0.717) is 6.04 Å². The number of halogens is 1. The van der Waals surface area contributed by atoms with Crippen LogP contribution in [0.15, 0.2) is 41.5 Å². The minimum Gasteiger partial charge on any atom is -0.343 e. The van der Waals surface area contributed by atoms with E-state index in [-0.39, 0.29) is 0 Å². The summed E-state index contributed by atoms with van der Waals surface area (Å²) in [6.07, 6.45) is 11.2. The predicted molar refractivity (Wildman–Crippen MR) is 99.3 cm³/mol. The number of nitrogens with zero attached hydrogens (tertiary/aromatic N) is 5. The van der Waals surface area contributed by atoms with Crippen molar-refractivity contribution < 1.29 is 0 Å². The Morgan fingerprint density at radius 3 is 2.58 bits per heavy atom. The second-order valence-corrected chi connectivity index (χ2v) is 7.06. The molecule has 1 aliphatic rings. The molecule has 1 saturated heterocycles. The number of aryl methyl sites for hydroxylation is 1. The van der Waals surface area contributed by atoms with Crippen molar-refractivity contribution in [3.8, 4) is 0 Å². The van der Waals surface area contributed by atoms with Crippen molar-refractivity contribution in [3.63, 3.8) is 0 Å². The maximum atomic E-state index is 4.51. The third-order valence-electron chi connectivity index (χ3n) is 4.81. The molecule has 0 unspecified atom stereocenters. The number of hydrogen-bond acceptors (Lipinski definition) is 4. The van der Waals surface area contributed by atoms with E-state index < -0.39 is 0 Å². The lowest BCUT2D eigenvalue weighted by Crippen LogP contribution is -2.35. The fraction of sp³-hybridized carbons (Fsp3) is 0.389. The molecule has 0 atom stereocenters. The van der Waals surface area contributed by atoms with Crippen molar-refractivity contribution in [1.82, 2.24) is 19.5 Å². The number of fused-ring (bicyclic) bond motifs is 1. The van der Waals surface area contributed by atoms with Crippen LogP contribution in [0.3, 0.4) is 0 Å². The van der Waals surface area contributed by atoms with Gasteiger partial charge in [-0.3, -0.25) is 0 Å². The molecule has 0 radical (unpaired) electrons. The highest BCUT2D eigenvalue weighted by Gasteiger charge is 2.23. The Morgan fingerprint density at radius 2 is 1.88 bits per heavy atom. The van der Waals surface area contributed by atoms with E-state index in [1.54, 1.807) is 0 Å². The fourth-order valence-electron chi connectivity index (χ4n) is 3.38. The van der Waals surface area contributed by atoms with Gasteiger partial charge in [0.2, 0.25) is 5.95 Å². The Balaban J connectivity index is 1.48. The van der Waals surface area contributed by atoms with Gasteiger partial charge in [-0.25, -0.2) is 15.0 Å². The molecule has 124 valence electrons. The summed E-state index contributed by atoms with van der Waals surface area (Å²) < 4.78 is 3.25. The van der Waals surface area contributed by atoms with Crippen molar-refractivity contribution in [2.75, 3.05) is 18.0 Å². The normalized spacial score (nSPS) is 16.0. The number of aromatic nitrogens is 4. The Hall–Kier alpha value is -1.95. The van der Waals surface area contributed by atoms with Crippen molar-refractivity contribution in [2.45, 2.75) is 32.2 Å². The highest BCUT2D eigenvalue weighted by molar-refractivity contribution is 9.10. The first kappa shape index (κ1) is 15.6. The zero-order valence-corrected chi connectivity index (χ0v) is 15.3. The van der Waals surface area contributed by atoms with Gasteiger partial charge in [0.15, 0.2) is 0 Å². The van der Waals surface area contributed by atoms with Crippen LogP contribution in [0.4, 0.5) is 5.95 Å². The van der Waals surface area contributed by atoms with Crippen molar-refractivity contribution in [2.24, 2.45) is 0 Å². The summed E-state index contributed by atoms with van der Waals surface area (Å²) in [6, 6.07) is 4.75. The molecule has 4 heterocycles. The lowest BCUT2D eigenvalue weighted by molar-refractivity contribution is 0.402. The summed E-state index contributed by atoms with van der Waals surface area (Å²) in [6.45, 7) is 4.10. The molecule has 0 aliphatic carbocycles. The topological polar surface area (TPSA) is 46.8 Å². The van der Waals surface area contributed by atoms with E-state index in [1.165, 1.54) is 16.5 Å². The highest BCUT2D eigenvalue weighted by Crippen LogP contribution is 2.29. The quantitative estimate of drug-likeness (QED) is 0.639. The minimum absolute atomic E-state index is 0.511. The molecule has 24 heavy (non-hydrogen) atoms. The van der Waals surface area contributed by atoms with E-state index in [4.69, 9.17) is 0 Å². The molecule has 4 rings (SSSR count). The molecule has 3 aromatic rings. The largest absolute Gasteiger partial charge is 0.343 e. The Labute approximate surface area is 149 Å². The molecular weight excluding hydrogens is 366 g/mol. The Kier molecular flexibility index (Phi) is 4.22. The van der Waals surface area contributed by atoms with Gasteiger partial charge in [0.25, 0.3) is 0 Å². The summed E-state index contributed by atoms with van der Waals surface area (Å²) in [7, 11) is 0. The number of piperidine rings is 1. The Morgan fingerprint density at radius 1 is 1.12 bits per heavy atom. The van der Waals surface area contributed by atoms with Gasteiger partial charge >= 0.3 is 0 Å². The molecule has 1 aliphatic heterocycles. The van der Waals surface area contributed by atoms with Crippen LogP contribution in [0.5, 0.6) is 0 Å². The molecule has 1 fully saturated rings. The number of rotatable bonds is 3. The number of pyridine rings is 1. The minimum atomic E-state index is 0.511. The molecular formula is C18H20BrN5. The van der Waals surface area contributed by atoms with Gasteiger partial charge in [0.1, 0.15) is 4.60 Å². The van der Waals surface area contributed by atoms with Gasteiger partial charge < -0.3 is 9.47 Å². The average Bonchev–Trinajstić information content (AvgIpc) is 3.05. The van der Waals surface area contributed by atoms with Gasteiger partial charge in [0.05, 0.1) is 11.7 Å². The van der Waals surface area contributed by atoms with E-state index in [1.807, 2.05) is 18.6 Å². The standard InChI is InChI=1S/C18H20BrN5/c1-2-13-10-21-18(22-11-13)23-6-4-15(5-7-23)24-8-3-14-9-17(19)20-12-16(14)24/h3,8-12,15H,2,4-7H2,1H3. The SMILES string of the molecule is CCc1cnc(N2CCC(n3ccc4cc(Br)ncc43)CC2)nc1. The molecule has 0 amide bonds. The van der Waals surface area contributed by atoms with Gasteiger partial charge in [-0.15, -0.1) is 0 Å². The van der Waals surface area contributed by atoms with Crippen LogP contribution in [0.1, 0.15) is 31.4 Å². The summed E-state index contributed by atoms with van der Waals surface area (Å²) in [5.41, 5.74) is 2.39. The fourth-order valence-corrected chi connectivity index (χ4v) is 3.73. The average molecular weight is 386 g/mol. The predicted octanol–water partition coefficient (Wildman–Crippen LogP) is 3.99. The highest BCUT2D eigenvalue weighted by atomic mass is 79.9. The molecule has 0 N–H and O–H groups in total. The number of anilines is 1. The molecule has 6 heteroatoms. The molecule has 0 spiro atoms. The molecule has 5 nitrogen and oxygen atoms in total. The van der Waals surface area contributed by atoms with E-state index in [0.717, 1.165) is 42.9 Å². The van der Waals surface area contributed by atoms with Crippen molar-refractivity contribution >= 4 is 32.8 Å². The van der Waals surface area contributed by atoms with Crippen LogP contribution in [0.2, 0.25) is 0 Å². The lowest BCUT2D eigenvalue weighted by Gasteiger charge is -2.33. The first-order chi connectivity index (χ1) is 11.7. The smallest absolute Gasteiger partial charge is 0.225 e. The third-order valence-corrected chi connectivity index (χ3v) is 5.25. The molecule has 0 bridgehead atoms. The molecule has 0 saturated carbocycles. The molecule has 3 aromatic heterocycles. The van der Waals surface area contributed by atoms with Gasteiger partial charge in [-0.2, -0.15) is 0 Å². The lowest BCUT2D eigenvalue weighted by atomic mass is 10.1. The van der Waals surface area contributed by atoms with Gasteiger partial charge in [0, 0.05) is 43.1 Å². The van der Waals surface area contributed by atoms with Crippen LogP contribution in [-0.4, -0.2) is 32.6 Å². The van der Waals surface area contributed by atoms with Crippen molar-refractivity contribution in [3.05, 3.63) is 47.1 Å². The van der Waals surface area contributed by atoms with Crippen LogP contribution in [0, 0.1) is 0 Å². The Bertz CT molecular complexity index is 834. The van der Waals surface area contributed by atoms with Crippen LogP contribution in [-0.2, 0) is 6.42 Å². The van der Waals surface area contributed by atoms with E-state index in [2.05, 4.69) is 65.6 Å². The van der Waals surface area contributed by atoms with Gasteiger partial charge in [-0.05, 0) is 52.9 Å². The summed E-state index contributed by atoms with van der Waals surface area (Å²) in [5, 5.41) is 1.23. The third kappa shape index (κ3) is 2.90. The van der Waals surface area contributed by atoms with Crippen LogP contribution in [0.25, 0.3) is 10.9 Å². The monoisotopic (exact) mass is 385 g/mol. The maximum absolute atomic E-state index is 4.51. The summed E-state index contributed by atoms with van der Waals surface area (Å²) in [4.78, 5) is 15.7. The van der Waals surface area contributed by atoms with Gasteiger partial charge in [-0.1, -0.05) is 6.92 Å². The first-order valence-electron chi connectivity index (χ1n) is 8.42. The van der Waals surface area contributed by atoms with Crippen molar-refractivity contribution in [1.29, 1.82) is 0 Å². The zero-order valence-electron chi connectivity index (χ0n) is 13.7. The summed E-state index contributed by atoms with van der Waals surface area (Å²) in [5.74, 6) is 0.855. The summed E-state index contributed by atoms with van der Waals surface area (Å²) >= 11 is 3.44. The zero-order chi connectivity index (χ0) is 16.5. The van der Waals surface area contributed by atoms with Crippen LogP contribution >= 0.6 is 15.9 Å². The number of hydrogen-bond donors (Lipinski definition) is 0.